The molecule has 1 amide bonds. The highest BCUT2D eigenvalue weighted by Gasteiger charge is 2.26. The van der Waals surface area contributed by atoms with Gasteiger partial charge in [0.1, 0.15) is 5.75 Å². The van der Waals surface area contributed by atoms with Crippen molar-refractivity contribution in [2.24, 2.45) is 0 Å². The number of aromatic amines is 1. The third-order valence-electron chi connectivity index (χ3n) is 3.30. The van der Waals surface area contributed by atoms with Crippen LogP contribution in [0.4, 0.5) is 11.4 Å². The monoisotopic (exact) mass is 272 g/mol. The third kappa shape index (κ3) is 2.20. The van der Waals surface area contributed by atoms with E-state index in [-0.39, 0.29) is 5.91 Å². The predicted octanol–water partition coefficient (Wildman–Crippen LogP) is 1.84. The molecule has 6 nitrogen and oxygen atoms in total. The van der Waals surface area contributed by atoms with Crippen molar-refractivity contribution >= 4 is 17.3 Å². The van der Waals surface area contributed by atoms with E-state index in [0.29, 0.717) is 12.3 Å². The maximum atomic E-state index is 12.3. The summed E-state index contributed by atoms with van der Waals surface area (Å²) < 4.78 is 5.72. The van der Waals surface area contributed by atoms with Gasteiger partial charge in [0.05, 0.1) is 29.3 Å². The van der Waals surface area contributed by atoms with Crippen molar-refractivity contribution in [1.82, 2.24) is 10.2 Å². The molecule has 1 aliphatic rings. The van der Waals surface area contributed by atoms with Gasteiger partial charge in [0.2, 0.25) is 0 Å². The minimum absolute atomic E-state index is 0.181. The summed E-state index contributed by atoms with van der Waals surface area (Å²) in [6, 6.07) is 7.57. The van der Waals surface area contributed by atoms with E-state index in [1.807, 2.05) is 38.1 Å². The van der Waals surface area contributed by atoms with Crippen LogP contribution in [0.15, 0.2) is 24.3 Å². The molecule has 0 fully saturated rings. The van der Waals surface area contributed by atoms with Crippen molar-refractivity contribution in [3.05, 3.63) is 35.7 Å². The fourth-order valence-corrected chi connectivity index (χ4v) is 2.20. The highest BCUT2D eigenvalue weighted by atomic mass is 16.5. The number of carbonyl (C=O) groups is 1. The number of ether oxygens (including phenoxy) is 1. The van der Waals surface area contributed by atoms with Crippen LogP contribution in [0.2, 0.25) is 0 Å². The Morgan fingerprint density at radius 3 is 2.95 bits per heavy atom. The fraction of sp³-hybridized carbons (Fsp3) is 0.286. The molecule has 6 heteroatoms. The smallest absolute Gasteiger partial charge is 0.267 e. The molecule has 3 N–H and O–H groups in total. The number of aromatic nitrogens is 2. The van der Waals surface area contributed by atoms with Crippen LogP contribution in [0.5, 0.6) is 5.75 Å². The number of H-pyrrole nitrogens is 1. The number of para-hydroxylation sites is 2. The van der Waals surface area contributed by atoms with Crippen molar-refractivity contribution in [2.75, 3.05) is 17.2 Å². The molecule has 1 unspecified atom stereocenters. The lowest BCUT2D eigenvalue weighted by Gasteiger charge is -2.26. The number of aryl methyl sites for hydroxylation is 2. The van der Waals surface area contributed by atoms with E-state index >= 15 is 0 Å². The molecule has 1 aromatic heterocycles. The normalized spacial score (nSPS) is 16.8. The van der Waals surface area contributed by atoms with Crippen LogP contribution in [0.3, 0.4) is 0 Å². The van der Waals surface area contributed by atoms with E-state index < -0.39 is 6.10 Å². The maximum Gasteiger partial charge on any atom is 0.267 e. The Labute approximate surface area is 116 Å². The lowest BCUT2D eigenvalue weighted by atomic mass is 10.2. The Bertz CT molecular complexity index is 631. The zero-order valence-electron chi connectivity index (χ0n) is 11.4. The quantitative estimate of drug-likeness (QED) is 0.779. The second kappa shape index (κ2) is 4.88. The number of benzene rings is 1. The number of carbonyl (C=O) groups excluding carboxylic acids is 1. The Hall–Kier alpha value is -2.50. The van der Waals surface area contributed by atoms with Gasteiger partial charge in [-0.15, -0.1) is 0 Å². The fourth-order valence-electron chi connectivity index (χ4n) is 2.20. The first-order chi connectivity index (χ1) is 9.65. The van der Waals surface area contributed by atoms with Crippen molar-refractivity contribution in [2.45, 2.75) is 20.0 Å². The standard InChI is InChI=1S/C14H16N4O2/c1-8-13(9(2)18-17-8)16-14(19)12-7-15-10-5-3-4-6-11(10)20-12/h3-6,12,15H,7H2,1-2H3,(H,16,19)(H,17,18). The summed E-state index contributed by atoms with van der Waals surface area (Å²) in [6.45, 7) is 4.15. The topological polar surface area (TPSA) is 79.0 Å². The molecular formula is C14H16N4O2. The molecule has 2 heterocycles. The SMILES string of the molecule is Cc1n[nH]c(C)c1NC(=O)C1CNc2ccccc2O1. The largest absolute Gasteiger partial charge is 0.477 e. The van der Waals surface area contributed by atoms with E-state index in [0.717, 1.165) is 22.8 Å². The lowest BCUT2D eigenvalue weighted by molar-refractivity contribution is -0.122. The number of nitrogens with zero attached hydrogens (tertiary/aromatic N) is 1. The Morgan fingerprint density at radius 1 is 1.40 bits per heavy atom. The lowest BCUT2D eigenvalue weighted by Crippen LogP contribution is -2.41. The number of hydrogen-bond donors (Lipinski definition) is 3. The molecule has 104 valence electrons. The number of fused-ring (bicyclic) bond motifs is 1. The van der Waals surface area contributed by atoms with Gasteiger partial charge >= 0.3 is 0 Å². The predicted molar refractivity (Wildman–Crippen MR) is 76.0 cm³/mol. The van der Waals surface area contributed by atoms with Crippen molar-refractivity contribution in [3.63, 3.8) is 0 Å². The minimum Gasteiger partial charge on any atom is -0.477 e. The van der Waals surface area contributed by atoms with Crippen LogP contribution >= 0.6 is 0 Å². The molecule has 2 aromatic rings. The van der Waals surface area contributed by atoms with Crippen LogP contribution in [-0.2, 0) is 4.79 Å². The van der Waals surface area contributed by atoms with E-state index in [2.05, 4.69) is 20.8 Å². The van der Waals surface area contributed by atoms with Crippen LogP contribution in [-0.4, -0.2) is 28.8 Å². The number of hydrogen-bond acceptors (Lipinski definition) is 4. The molecule has 1 aromatic carbocycles. The zero-order valence-corrected chi connectivity index (χ0v) is 11.4. The number of rotatable bonds is 2. The van der Waals surface area contributed by atoms with E-state index in [9.17, 15) is 4.79 Å². The summed E-state index contributed by atoms with van der Waals surface area (Å²) in [6.07, 6.45) is -0.557. The minimum atomic E-state index is -0.557. The average Bonchev–Trinajstić information content (AvgIpc) is 2.78. The van der Waals surface area contributed by atoms with Gasteiger partial charge in [0.25, 0.3) is 5.91 Å². The van der Waals surface area contributed by atoms with Crippen LogP contribution in [0.1, 0.15) is 11.4 Å². The highest BCUT2D eigenvalue weighted by molar-refractivity contribution is 5.96. The van der Waals surface area contributed by atoms with Gasteiger partial charge < -0.3 is 15.4 Å². The second-order valence-corrected chi connectivity index (χ2v) is 4.78. The van der Waals surface area contributed by atoms with Gasteiger partial charge in [-0.3, -0.25) is 9.89 Å². The molecule has 20 heavy (non-hydrogen) atoms. The van der Waals surface area contributed by atoms with Crippen LogP contribution < -0.4 is 15.4 Å². The van der Waals surface area contributed by atoms with Gasteiger partial charge in [-0.1, -0.05) is 12.1 Å². The molecule has 0 saturated heterocycles. The molecule has 0 bridgehead atoms. The van der Waals surface area contributed by atoms with Crippen molar-refractivity contribution in [3.8, 4) is 5.75 Å². The zero-order chi connectivity index (χ0) is 14.1. The molecule has 3 rings (SSSR count). The summed E-state index contributed by atoms with van der Waals surface area (Å²) in [4.78, 5) is 12.3. The van der Waals surface area contributed by atoms with Gasteiger partial charge in [-0.2, -0.15) is 5.10 Å². The van der Waals surface area contributed by atoms with Crippen molar-refractivity contribution < 1.29 is 9.53 Å². The second-order valence-electron chi connectivity index (χ2n) is 4.78. The molecular weight excluding hydrogens is 256 g/mol. The summed E-state index contributed by atoms with van der Waals surface area (Å²) in [5.74, 6) is 0.513. The molecule has 0 aliphatic carbocycles. The third-order valence-corrected chi connectivity index (χ3v) is 3.30. The van der Waals surface area contributed by atoms with Gasteiger partial charge in [0.15, 0.2) is 6.10 Å². The first kappa shape index (κ1) is 12.5. The summed E-state index contributed by atoms with van der Waals surface area (Å²) in [7, 11) is 0. The Kier molecular flexibility index (Phi) is 3.06. The van der Waals surface area contributed by atoms with Crippen molar-refractivity contribution in [1.29, 1.82) is 0 Å². The van der Waals surface area contributed by atoms with Crippen LogP contribution in [0.25, 0.3) is 0 Å². The van der Waals surface area contributed by atoms with E-state index in [1.165, 1.54) is 0 Å². The van der Waals surface area contributed by atoms with Crippen LogP contribution in [0, 0.1) is 13.8 Å². The van der Waals surface area contributed by atoms with Gasteiger partial charge in [0, 0.05) is 0 Å². The first-order valence-electron chi connectivity index (χ1n) is 6.47. The summed E-state index contributed by atoms with van der Waals surface area (Å²) in [5, 5.41) is 12.9. The first-order valence-corrected chi connectivity index (χ1v) is 6.47. The molecule has 0 spiro atoms. The number of amides is 1. The molecule has 0 radical (unpaired) electrons. The summed E-state index contributed by atoms with van der Waals surface area (Å²) in [5.41, 5.74) is 3.23. The Morgan fingerprint density at radius 2 is 2.20 bits per heavy atom. The van der Waals surface area contributed by atoms with E-state index in [1.54, 1.807) is 0 Å². The number of nitrogens with one attached hydrogen (secondary N) is 3. The molecule has 1 atom stereocenters. The van der Waals surface area contributed by atoms with E-state index in [4.69, 9.17) is 4.74 Å². The molecule has 1 aliphatic heterocycles. The summed E-state index contributed by atoms with van der Waals surface area (Å²) >= 11 is 0. The average molecular weight is 272 g/mol. The van der Waals surface area contributed by atoms with Gasteiger partial charge in [-0.05, 0) is 26.0 Å². The number of anilines is 2. The van der Waals surface area contributed by atoms with Gasteiger partial charge in [-0.25, -0.2) is 0 Å². The Balaban J connectivity index is 1.74. The maximum absolute atomic E-state index is 12.3. The highest BCUT2D eigenvalue weighted by Crippen LogP contribution is 2.28. The molecule has 0 saturated carbocycles.